The Bertz CT molecular complexity index is 869. The molecule has 0 heterocycles. The van der Waals surface area contributed by atoms with Gasteiger partial charge in [0.05, 0.1) is 12.3 Å². The molecule has 0 fully saturated rings. The second kappa shape index (κ2) is 9.01. The molecule has 0 aromatic heterocycles. The normalized spacial score (nSPS) is 13.8. The first-order valence-corrected chi connectivity index (χ1v) is 10.5. The smallest absolute Gasteiger partial charge is 0.243 e. The van der Waals surface area contributed by atoms with Gasteiger partial charge in [-0.1, -0.05) is 48.5 Å². The fraction of sp³-hybridized carbons (Fsp3) is 0.350. The second-order valence-electron chi connectivity index (χ2n) is 6.58. The maximum atomic E-state index is 12.8. The topological polar surface area (TPSA) is 75.7 Å². The number of carbonyl (C=O) groups is 1. The van der Waals surface area contributed by atoms with E-state index in [1.807, 2.05) is 44.2 Å². The molecular weight excluding hydrogens is 364 g/mol. The van der Waals surface area contributed by atoms with Crippen molar-refractivity contribution in [2.24, 2.45) is 0 Å². The largest absolute Gasteiger partial charge is 0.491 e. The number of hydrogen-bond acceptors (Lipinski definition) is 4. The Morgan fingerprint density at radius 2 is 1.70 bits per heavy atom. The number of carbonyl (C=O) groups excluding carboxylic acids is 1. The predicted molar refractivity (Wildman–Crippen MR) is 106 cm³/mol. The number of benzene rings is 2. The molecule has 0 saturated carbocycles. The van der Waals surface area contributed by atoms with Crippen LogP contribution >= 0.6 is 0 Å². The van der Waals surface area contributed by atoms with Crippen molar-refractivity contribution in [3.05, 3.63) is 65.7 Å². The summed E-state index contributed by atoms with van der Waals surface area (Å²) in [6.07, 6.45) is 1.08. The van der Waals surface area contributed by atoms with Gasteiger partial charge >= 0.3 is 0 Å². The van der Waals surface area contributed by atoms with Crippen molar-refractivity contribution in [1.29, 1.82) is 0 Å². The fourth-order valence-electron chi connectivity index (χ4n) is 2.65. The van der Waals surface area contributed by atoms with E-state index in [1.54, 1.807) is 24.3 Å². The van der Waals surface area contributed by atoms with Crippen molar-refractivity contribution >= 4 is 15.9 Å². The molecule has 2 rings (SSSR count). The minimum absolute atomic E-state index is 0.278. The van der Waals surface area contributed by atoms with Gasteiger partial charge < -0.3 is 10.1 Å². The van der Waals surface area contributed by atoms with Crippen molar-refractivity contribution in [3.63, 3.8) is 0 Å². The van der Waals surface area contributed by atoms with Gasteiger partial charge in [0.2, 0.25) is 15.9 Å². The van der Waals surface area contributed by atoms with Crippen LogP contribution in [0.3, 0.4) is 0 Å². The summed E-state index contributed by atoms with van der Waals surface area (Å²) in [5.74, 6) is 0.362. The number of likely N-dealkylation sites (N-methyl/N-ethyl adjacent to an activating group) is 1. The summed E-state index contributed by atoms with van der Waals surface area (Å²) in [7, 11) is -2.15. The molecule has 2 aromatic rings. The molecule has 0 unspecified atom stereocenters. The van der Waals surface area contributed by atoms with Crippen LogP contribution in [0, 0.1) is 6.92 Å². The van der Waals surface area contributed by atoms with E-state index < -0.39 is 22.0 Å². The summed E-state index contributed by atoms with van der Waals surface area (Å²) < 4.78 is 30.9. The van der Waals surface area contributed by atoms with E-state index >= 15 is 0 Å². The summed E-state index contributed by atoms with van der Waals surface area (Å²) >= 11 is 0. The lowest BCUT2D eigenvalue weighted by Gasteiger charge is -2.27. The molecule has 7 heteroatoms. The molecule has 27 heavy (non-hydrogen) atoms. The molecule has 2 aromatic carbocycles. The molecule has 2 atom stereocenters. The summed E-state index contributed by atoms with van der Waals surface area (Å²) in [4.78, 5) is 12.8. The lowest BCUT2D eigenvalue weighted by atomic mass is 10.1. The zero-order chi connectivity index (χ0) is 20.0. The monoisotopic (exact) mass is 390 g/mol. The van der Waals surface area contributed by atoms with Crippen molar-refractivity contribution in [2.75, 3.05) is 19.9 Å². The third kappa shape index (κ3) is 5.80. The SMILES string of the molecule is Cc1ccccc1OC[C@H](C)NC(=O)[C@@H](c1ccccc1)N(C)S(C)(=O)=O. The number of nitrogens with zero attached hydrogens (tertiary/aromatic N) is 1. The third-order valence-electron chi connectivity index (χ3n) is 4.22. The van der Waals surface area contributed by atoms with E-state index in [0.717, 1.165) is 21.9 Å². The van der Waals surface area contributed by atoms with Gasteiger partial charge in [-0.15, -0.1) is 0 Å². The maximum Gasteiger partial charge on any atom is 0.243 e. The van der Waals surface area contributed by atoms with Crippen LogP contribution in [0.15, 0.2) is 54.6 Å². The molecule has 0 aliphatic heterocycles. The highest BCUT2D eigenvalue weighted by Crippen LogP contribution is 2.22. The Labute approximate surface area is 161 Å². The molecule has 6 nitrogen and oxygen atoms in total. The van der Waals surface area contributed by atoms with Crippen LogP contribution in [-0.4, -0.2) is 44.6 Å². The molecule has 0 aliphatic rings. The van der Waals surface area contributed by atoms with Crippen LogP contribution in [0.25, 0.3) is 0 Å². The van der Waals surface area contributed by atoms with Gasteiger partial charge in [0.25, 0.3) is 0 Å². The van der Waals surface area contributed by atoms with Gasteiger partial charge in [0.15, 0.2) is 0 Å². The average molecular weight is 391 g/mol. The Morgan fingerprint density at radius 1 is 1.11 bits per heavy atom. The highest BCUT2D eigenvalue weighted by atomic mass is 32.2. The minimum atomic E-state index is -3.55. The standard InChI is InChI=1S/C20H26N2O4S/c1-15-10-8-9-13-18(15)26-14-16(2)21-20(23)19(22(3)27(4,24)25)17-11-6-5-7-12-17/h5-13,16,19H,14H2,1-4H3,(H,21,23)/t16-,19+/m0/s1. The number of hydrogen-bond donors (Lipinski definition) is 1. The van der Waals surface area contributed by atoms with Crippen LogP contribution < -0.4 is 10.1 Å². The van der Waals surface area contributed by atoms with Crippen LogP contribution in [-0.2, 0) is 14.8 Å². The Hall–Kier alpha value is -2.38. The van der Waals surface area contributed by atoms with Crippen LogP contribution in [0.1, 0.15) is 24.1 Å². The molecule has 0 radical (unpaired) electrons. The van der Waals surface area contributed by atoms with Crippen LogP contribution in [0.2, 0.25) is 0 Å². The molecule has 146 valence electrons. The average Bonchev–Trinajstić information content (AvgIpc) is 2.61. The number of nitrogens with one attached hydrogen (secondary N) is 1. The van der Waals surface area contributed by atoms with E-state index in [9.17, 15) is 13.2 Å². The lowest BCUT2D eigenvalue weighted by Crippen LogP contribution is -2.45. The van der Waals surface area contributed by atoms with E-state index in [0.29, 0.717) is 5.56 Å². The van der Waals surface area contributed by atoms with Gasteiger partial charge in [0, 0.05) is 7.05 Å². The Kier molecular flexibility index (Phi) is 6.98. The van der Waals surface area contributed by atoms with Gasteiger partial charge in [0.1, 0.15) is 18.4 Å². The zero-order valence-electron chi connectivity index (χ0n) is 16.0. The van der Waals surface area contributed by atoms with Crippen molar-refractivity contribution in [1.82, 2.24) is 9.62 Å². The molecule has 0 spiro atoms. The molecule has 0 aliphatic carbocycles. The van der Waals surface area contributed by atoms with Gasteiger partial charge in [-0.3, -0.25) is 4.79 Å². The number of aryl methyl sites for hydroxylation is 1. The molecule has 1 N–H and O–H groups in total. The number of sulfonamides is 1. The second-order valence-corrected chi connectivity index (χ2v) is 8.62. The summed E-state index contributed by atoms with van der Waals surface area (Å²) in [5.41, 5.74) is 1.62. The van der Waals surface area contributed by atoms with Crippen molar-refractivity contribution in [3.8, 4) is 5.75 Å². The van der Waals surface area contributed by atoms with Gasteiger partial charge in [-0.2, -0.15) is 4.31 Å². The summed E-state index contributed by atoms with van der Waals surface area (Å²) in [5, 5.41) is 2.85. The summed E-state index contributed by atoms with van der Waals surface area (Å²) in [6.45, 7) is 4.05. The molecule has 0 bridgehead atoms. The van der Waals surface area contributed by atoms with Crippen molar-refractivity contribution < 1.29 is 17.9 Å². The van der Waals surface area contributed by atoms with Gasteiger partial charge in [-0.25, -0.2) is 8.42 Å². The summed E-state index contributed by atoms with van der Waals surface area (Å²) in [6, 6.07) is 15.2. The molecular formula is C20H26N2O4S. The lowest BCUT2D eigenvalue weighted by molar-refractivity contribution is -0.125. The molecule has 1 amide bonds. The maximum absolute atomic E-state index is 12.8. The number of para-hydroxylation sites is 1. The first-order valence-electron chi connectivity index (χ1n) is 8.67. The third-order valence-corrected chi connectivity index (χ3v) is 5.48. The zero-order valence-corrected chi connectivity index (χ0v) is 16.9. The number of ether oxygens (including phenoxy) is 1. The van der Waals surface area contributed by atoms with Crippen molar-refractivity contribution in [2.45, 2.75) is 25.9 Å². The van der Waals surface area contributed by atoms with Crippen LogP contribution in [0.4, 0.5) is 0 Å². The first kappa shape index (κ1) is 20.9. The van der Waals surface area contributed by atoms with E-state index in [-0.39, 0.29) is 12.6 Å². The quantitative estimate of drug-likeness (QED) is 0.751. The van der Waals surface area contributed by atoms with E-state index in [2.05, 4.69) is 5.32 Å². The van der Waals surface area contributed by atoms with Gasteiger partial charge in [-0.05, 0) is 31.0 Å². The molecule has 0 saturated heterocycles. The Balaban J connectivity index is 2.10. The first-order chi connectivity index (χ1) is 12.7. The minimum Gasteiger partial charge on any atom is -0.491 e. The number of rotatable bonds is 8. The van der Waals surface area contributed by atoms with E-state index in [4.69, 9.17) is 4.74 Å². The number of amides is 1. The fourth-order valence-corrected chi connectivity index (χ4v) is 3.25. The Morgan fingerprint density at radius 3 is 2.30 bits per heavy atom. The van der Waals surface area contributed by atoms with E-state index in [1.165, 1.54) is 7.05 Å². The highest BCUT2D eigenvalue weighted by Gasteiger charge is 2.31. The predicted octanol–water partition coefficient (Wildman–Crippen LogP) is 2.51. The van der Waals surface area contributed by atoms with Crippen LogP contribution in [0.5, 0.6) is 5.75 Å². The highest BCUT2D eigenvalue weighted by molar-refractivity contribution is 7.88.